The van der Waals surface area contributed by atoms with E-state index in [0.29, 0.717) is 5.56 Å². The number of hydrogen-bond acceptors (Lipinski definition) is 5. The van der Waals surface area contributed by atoms with Crippen LogP contribution in [-0.4, -0.2) is 35.4 Å². The predicted octanol–water partition coefficient (Wildman–Crippen LogP) is 0.680. The van der Waals surface area contributed by atoms with Gasteiger partial charge in [0.1, 0.15) is 6.10 Å². The van der Waals surface area contributed by atoms with Gasteiger partial charge in [-0.05, 0) is 36.6 Å². The lowest BCUT2D eigenvalue weighted by Gasteiger charge is -2.21. The number of aliphatic hydroxyl groups excluding tert-OH is 2. The molecule has 0 amide bonds. The van der Waals surface area contributed by atoms with E-state index in [-0.39, 0.29) is 13.0 Å². The summed E-state index contributed by atoms with van der Waals surface area (Å²) in [6.07, 6.45) is -1.46. The van der Waals surface area contributed by atoms with Crippen LogP contribution in [0.3, 0.4) is 0 Å². The molecule has 3 N–H and O–H groups in total. The van der Waals surface area contributed by atoms with Crippen molar-refractivity contribution in [2.45, 2.75) is 38.5 Å². The first-order valence-electron chi connectivity index (χ1n) is 6.96. The summed E-state index contributed by atoms with van der Waals surface area (Å²) in [5.41, 5.74) is 3.03. The molecule has 0 fully saturated rings. The first kappa shape index (κ1) is 15.0. The van der Waals surface area contributed by atoms with Crippen LogP contribution in [0, 0.1) is 0 Å². The molecule has 0 radical (unpaired) electrons. The lowest BCUT2D eigenvalue weighted by molar-refractivity contribution is -0.147. The molecule has 1 heterocycles. The van der Waals surface area contributed by atoms with Gasteiger partial charge in [-0.3, -0.25) is 4.79 Å². The molecule has 5 nitrogen and oxygen atoms in total. The van der Waals surface area contributed by atoms with E-state index in [9.17, 15) is 15.0 Å². The number of carbonyl (C=O) groups is 1. The normalized spacial score (nSPS) is 17.1. The maximum Gasteiger partial charge on any atom is 0.308 e. The van der Waals surface area contributed by atoms with E-state index in [1.807, 2.05) is 18.2 Å². The van der Waals surface area contributed by atoms with Gasteiger partial charge in [0.05, 0.1) is 19.1 Å². The highest BCUT2D eigenvalue weighted by atomic mass is 16.5. The second-order valence-electron chi connectivity index (χ2n) is 4.98. The minimum Gasteiger partial charge on any atom is -0.466 e. The molecule has 2 atom stereocenters. The van der Waals surface area contributed by atoms with Gasteiger partial charge in [0.25, 0.3) is 0 Å². The number of nitrogens with one attached hydrogen (secondary N) is 1. The van der Waals surface area contributed by atoms with Crippen molar-refractivity contribution in [3.05, 3.63) is 34.9 Å². The Bertz CT molecular complexity index is 475. The maximum atomic E-state index is 11.3. The van der Waals surface area contributed by atoms with Gasteiger partial charge in [0.15, 0.2) is 0 Å². The van der Waals surface area contributed by atoms with Gasteiger partial charge in [0.2, 0.25) is 0 Å². The summed E-state index contributed by atoms with van der Waals surface area (Å²) in [4.78, 5) is 11.3. The van der Waals surface area contributed by atoms with Crippen LogP contribution in [0.5, 0.6) is 0 Å². The number of aliphatic hydroxyl groups is 2. The zero-order valence-electron chi connectivity index (χ0n) is 11.6. The molecule has 5 heteroatoms. The lowest BCUT2D eigenvalue weighted by atomic mass is 9.94. The summed E-state index contributed by atoms with van der Waals surface area (Å²) in [5, 5.41) is 23.3. The van der Waals surface area contributed by atoms with Crippen LogP contribution < -0.4 is 5.32 Å². The number of rotatable bonds is 5. The molecule has 2 unspecified atom stereocenters. The Labute approximate surface area is 118 Å². The molecule has 1 aliphatic rings. The molecule has 0 aromatic heterocycles. The Hall–Kier alpha value is -1.43. The third-order valence-corrected chi connectivity index (χ3v) is 3.50. The van der Waals surface area contributed by atoms with Gasteiger partial charge in [-0.2, -0.15) is 0 Å². The van der Waals surface area contributed by atoms with E-state index in [0.717, 1.165) is 25.1 Å². The molecule has 0 aliphatic carbocycles. The number of fused-ring (bicyclic) bond motifs is 1. The second-order valence-corrected chi connectivity index (χ2v) is 4.98. The van der Waals surface area contributed by atoms with E-state index < -0.39 is 18.2 Å². The summed E-state index contributed by atoms with van der Waals surface area (Å²) >= 11 is 0. The zero-order chi connectivity index (χ0) is 14.5. The van der Waals surface area contributed by atoms with E-state index in [4.69, 9.17) is 4.74 Å². The molecular weight excluding hydrogens is 258 g/mol. The minimum absolute atomic E-state index is 0.204. The van der Waals surface area contributed by atoms with Crippen molar-refractivity contribution in [1.29, 1.82) is 0 Å². The van der Waals surface area contributed by atoms with E-state index >= 15 is 0 Å². The van der Waals surface area contributed by atoms with E-state index in [1.54, 1.807) is 6.92 Å². The van der Waals surface area contributed by atoms with Crippen molar-refractivity contribution in [3.63, 3.8) is 0 Å². The predicted molar refractivity (Wildman–Crippen MR) is 74.1 cm³/mol. The van der Waals surface area contributed by atoms with Crippen molar-refractivity contribution in [1.82, 2.24) is 5.32 Å². The van der Waals surface area contributed by atoms with Crippen LogP contribution in [-0.2, 0) is 22.5 Å². The molecule has 1 aromatic rings. The highest BCUT2D eigenvalue weighted by molar-refractivity contribution is 5.70. The number of carbonyl (C=O) groups excluding carboxylic acids is 1. The fourth-order valence-corrected chi connectivity index (χ4v) is 2.41. The Morgan fingerprint density at radius 1 is 1.40 bits per heavy atom. The van der Waals surface area contributed by atoms with Crippen molar-refractivity contribution in [2.24, 2.45) is 0 Å². The third-order valence-electron chi connectivity index (χ3n) is 3.50. The lowest BCUT2D eigenvalue weighted by Crippen LogP contribution is -2.25. The number of ether oxygens (including phenoxy) is 1. The Balaban J connectivity index is 2.04. The van der Waals surface area contributed by atoms with Crippen LogP contribution in [0.2, 0.25) is 0 Å². The van der Waals surface area contributed by atoms with Gasteiger partial charge >= 0.3 is 5.97 Å². The maximum absolute atomic E-state index is 11.3. The van der Waals surface area contributed by atoms with Crippen molar-refractivity contribution in [3.8, 4) is 0 Å². The number of esters is 1. The highest BCUT2D eigenvalue weighted by Gasteiger charge is 2.23. The molecule has 0 spiro atoms. The average molecular weight is 279 g/mol. The molecule has 0 saturated heterocycles. The van der Waals surface area contributed by atoms with Gasteiger partial charge in [-0.15, -0.1) is 0 Å². The quantitative estimate of drug-likeness (QED) is 0.691. The molecular formula is C15H21NO4. The summed E-state index contributed by atoms with van der Waals surface area (Å²) < 4.78 is 4.77. The minimum atomic E-state index is -1.15. The van der Waals surface area contributed by atoms with Crippen LogP contribution >= 0.6 is 0 Å². The van der Waals surface area contributed by atoms with E-state index in [1.165, 1.54) is 5.56 Å². The largest absolute Gasteiger partial charge is 0.466 e. The third kappa shape index (κ3) is 3.56. The SMILES string of the molecule is CCOC(=O)CC(O)C(O)c1ccc2c(c1)CNCC2. The van der Waals surface area contributed by atoms with Crippen LogP contribution in [0.1, 0.15) is 36.1 Å². The van der Waals surface area contributed by atoms with E-state index in [2.05, 4.69) is 5.32 Å². The Morgan fingerprint density at radius 2 is 2.20 bits per heavy atom. The fourth-order valence-electron chi connectivity index (χ4n) is 2.41. The first-order chi connectivity index (χ1) is 9.61. The molecule has 2 rings (SSSR count). The van der Waals surface area contributed by atoms with Crippen molar-refractivity contribution in [2.75, 3.05) is 13.2 Å². The topological polar surface area (TPSA) is 78.8 Å². The van der Waals surface area contributed by atoms with Crippen LogP contribution in [0.15, 0.2) is 18.2 Å². The number of benzene rings is 1. The molecule has 1 aliphatic heterocycles. The molecule has 0 saturated carbocycles. The smallest absolute Gasteiger partial charge is 0.308 e. The standard InChI is InChI=1S/C15H21NO4/c1-2-20-14(18)8-13(17)15(19)11-4-3-10-5-6-16-9-12(10)7-11/h3-4,7,13,15-17,19H,2,5-6,8-9H2,1H3. The summed E-state index contributed by atoms with van der Waals surface area (Å²) in [6, 6.07) is 5.68. The molecule has 20 heavy (non-hydrogen) atoms. The Kier molecular flexibility index (Phi) is 5.11. The van der Waals surface area contributed by atoms with Gasteiger partial charge < -0.3 is 20.3 Å². The van der Waals surface area contributed by atoms with Crippen LogP contribution in [0.25, 0.3) is 0 Å². The van der Waals surface area contributed by atoms with Crippen LogP contribution in [0.4, 0.5) is 0 Å². The zero-order valence-corrected chi connectivity index (χ0v) is 11.6. The summed E-state index contributed by atoms with van der Waals surface area (Å²) in [5.74, 6) is -0.501. The van der Waals surface area contributed by atoms with Gasteiger partial charge in [0, 0.05) is 6.54 Å². The first-order valence-corrected chi connectivity index (χ1v) is 6.96. The monoisotopic (exact) mass is 279 g/mol. The molecule has 1 aromatic carbocycles. The Morgan fingerprint density at radius 3 is 2.95 bits per heavy atom. The average Bonchev–Trinajstić information content (AvgIpc) is 2.46. The van der Waals surface area contributed by atoms with Crippen molar-refractivity contribution >= 4 is 5.97 Å². The highest BCUT2D eigenvalue weighted by Crippen LogP contribution is 2.23. The van der Waals surface area contributed by atoms with Gasteiger partial charge in [-0.25, -0.2) is 0 Å². The fraction of sp³-hybridized carbons (Fsp3) is 0.533. The second kappa shape index (κ2) is 6.83. The summed E-state index contributed by atoms with van der Waals surface area (Å²) in [7, 11) is 0. The van der Waals surface area contributed by atoms with Crippen molar-refractivity contribution < 1.29 is 19.7 Å². The molecule has 0 bridgehead atoms. The van der Waals surface area contributed by atoms with Gasteiger partial charge in [-0.1, -0.05) is 18.2 Å². The summed E-state index contributed by atoms with van der Waals surface area (Å²) in [6.45, 7) is 3.70. The molecule has 110 valence electrons. The number of hydrogen-bond donors (Lipinski definition) is 3.